The van der Waals surface area contributed by atoms with Crippen LogP contribution in [-0.4, -0.2) is 23.3 Å². The van der Waals surface area contributed by atoms with E-state index in [1.807, 2.05) is 13.8 Å². The first-order chi connectivity index (χ1) is 6.08. The molecule has 0 aromatic carbocycles. The van der Waals surface area contributed by atoms with E-state index in [4.69, 9.17) is 4.74 Å². The number of aliphatic hydroxyl groups is 1. The van der Waals surface area contributed by atoms with Crippen molar-refractivity contribution in [2.75, 3.05) is 0 Å². The second-order valence-corrected chi connectivity index (χ2v) is 4.08. The summed E-state index contributed by atoms with van der Waals surface area (Å²) in [6.07, 6.45) is 2.78. The van der Waals surface area contributed by atoms with Crippen LogP contribution < -0.4 is 0 Å². The minimum Gasteiger partial charge on any atom is -0.463 e. The van der Waals surface area contributed by atoms with Gasteiger partial charge in [-0.25, -0.2) is 0 Å². The molecule has 0 unspecified atom stereocenters. The summed E-state index contributed by atoms with van der Waals surface area (Å²) >= 11 is 0. The standard InChI is InChI=1S/C10H18O3/c1-7(2)13-10(12)6-8-3-4-9(11)5-8/h7-9,11H,3-6H2,1-2H3/t8-,9-/m0/s1. The fourth-order valence-corrected chi connectivity index (χ4v) is 1.78. The Morgan fingerprint density at radius 1 is 1.54 bits per heavy atom. The second kappa shape index (κ2) is 4.61. The van der Waals surface area contributed by atoms with E-state index in [0.29, 0.717) is 12.3 Å². The highest BCUT2D eigenvalue weighted by Gasteiger charge is 2.25. The zero-order valence-corrected chi connectivity index (χ0v) is 8.32. The minimum absolute atomic E-state index is 0.0289. The topological polar surface area (TPSA) is 46.5 Å². The van der Waals surface area contributed by atoms with Crippen molar-refractivity contribution in [3.05, 3.63) is 0 Å². The van der Waals surface area contributed by atoms with Gasteiger partial charge in [0.1, 0.15) is 0 Å². The third-order valence-corrected chi connectivity index (χ3v) is 2.34. The van der Waals surface area contributed by atoms with Gasteiger partial charge in [-0.1, -0.05) is 0 Å². The third kappa shape index (κ3) is 3.77. The average Bonchev–Trinajstić information content (AvgIpc) is 2.33. The summed E-state index contributed by atoms with van der Waals surface area (Å²) in [7, 11) is 0. The van der Waals surface area contributed by atoms with E-state index in [0.717, 1.165) is 19.3 Å². The van der Waals surface area contributed by atoms with Gasteiger partial charge in [-0.15, -0.1) is 0 Å². The van der Waals surface area contributed by atoms with Gasteiger partial charge in [-0.2, -0.15) is 0 Å². The Labute approximate surface area is 79.1 Å². The normalized spacial score (nSPS) is 28.0. The highest BCUT2D eigenvalue weighted by molar-refractivity contribution is 5.69. The number of hydrogen-bond donors (Lipinski definition) is 1. The van der Waals surface area contributed by atoms with Crippen LogP contribution in [0.5, 0.6) is 0 Å². The van der Waals surface area contributed by atoms with Gasteiger partial charge in [-0.05, 0) is 39.0 Å². The number of ether oxygens (including phenoxy) is 1. The zero-order chi connectivity index (χ0) is 9.84. The molecule has 0 saturated heterocycles. The molecule has 76 valence electrons. The monoisotopic (exact) mass is 186 g/mol. The number of hydrogen-bond acceptors (Lipinski definition) is 3. The molecule has 0 aromatic rings. The van der Waals surface area contributed by atoms with Gasteiger partial charge >= 0.3 is 5.97 Å². The van der Waals surface area contributed by atoms with E-state index < -0.39 is 0 Å². The highest BCUT2D eigenvalue weighted by Crippen LogP contribution is 2.28. The summed E-state index contributed by atoms with van der Waals surface area (Å²) in [5.74, 6) is 0.204. The predicted octanol–water partition coefficient (Wildman–Crippen LogP) is 1.49. The first-order valence-corrected chi connectivity index (χ1v) is 4.95. The minimum atomic E-state index is -0.197. The molecule has 1 saturated carbocycles. The van der Waals surface area contributed by atoms with Crippen molar-refractivity contribution < 1.29 is 14.6 Å². The molecule has 0 heterocycles. The number of rotatable bonds is 3. The molecule has 0 radical (unpaired) electrons. The largest absolute Gasteiger partial charge is 0.463 e. The van der Waals surface area contributed by atoms with Crippen LogP contribution in [0.15, 0.2) is 0 Å². The first kappa shape index (κ1) is 10.5. The number of aliphatic hydroxyl groups excluding tert-OH is 1. The van der Waals surface area contributed by atoms with Crippen molar-refractivity contribution in [3.8, 4) is 0 Å². The van der Waals surface area contributed by atoms with E-state index in [-0.39, 0.29) is 18.2 Å². The molecule has 1 aliphatic rings. The zero-order valence-electron chi connectivity index (χ0n) is 8.32. The number of esters is 1. The van der Waals surface area contributed by atoms with Crippen LogP contribution in [-0.2, 0) is 9.53 Å². The van der Waals surface area contributed by atoms with E-state index in [2.05, 4.69) is 0 Å². The predicted molar refractivity (Wildman–Crippen MR) is 49.2 cm³/mol. The van der Waals surface area contributed by atoms with Crippen molar-refractivity contribution in [1.29, 1.82) is 0 Å². The highest BCUT2D eigenvalue weighted by atomic mass is 16.5. The van der Waals surface area contributed by atoms with E-state index >= 15 is 0 Å². The van der Waals surface area contributed by atoms with Gasteiger partial charge in [0.05, 0.1) is 12.2 Å². The smallest absolute Gasteiger partial charge is 0.306 e. The van der Waals surface area contributed by atoms with Gasteiger partial charge in [-0.3, -0.25) is 4.79 Å². The Morgan fingerprint density at radius 3 is 2.69 bits per heavy atom. The van der Waals surface area contributed by atoms with Crippen molar-refractivity contribution >= 4 is 5.97 Å². The Hall–Kier alpha value is -0.570. The molecule has 2 atom stereocenters. The van der Waals surface area contributed by atoms with E-state index in [1.165, 1.54) is 0 Å². The van der Waals surface area contributed by atoms with Gasteiger partial charge < -0.3 is 9.84 Å². The lowest BCUT2D eigenvalue weighted by Gasteiger charge is -2.11. The quantitative estimate of drug-likeness (QED) is 0.679. The van der Waals surface area contributed by atoms with Crippen LogP contribution in [0.1, 0.15) is 39.5 Å². The van der Waals surface area contributed by atoms with Crippen LogP contribution in [0.2, 0.25) is 0 Å². The molecular weight excluding hydrogens is 168 g/mol. The van der Waals surface area contributed by atoms with E-state index in [1.54, 1.807) is 0 Å². The molecule has 3 heteroatoms. The van der Waals surface area contributed by atoms with Gasteiger partial charge in [0.2, 0.25) is 0 Å². The first-order valence-electron chi connectivity index (χ1n) is 4.95. The summed E-state index contributed by atoms with van der Waals surface area (Å²) in [5.41, 5.74) is 0. The Morgan fingerprint density at radius 2 is 2.23 bits per heavy atom. The molecule has 0 amide bonds. The maximum Gasteiger partial charge on any atom is 0.306 e. The van der Waals surface area contributed by atoms with Crippen LogP contribution in [0, 0.1) is 5.92 Å². The lowest BCUT2D eigenvalue weighted by atomic mass is 10.0. The molecule has 1 N–H and O–H groups in total. The average molecular weight is 186 g/mol. The molecular formula is C10H18O3. The summed E-state index contributed by atoms with van der Waals surface area (Å²) in [6, 6.07) is 0. The van der Waals surface area contributed by atoms with Crippen molar-refractivity contribution in [2.45, 2.75) is 51.7 Å². The third-order valence-electron chi connectivity index (χ3n) is 2.34. The lowest BCUT2D eigenvalue weighted by molar-refractivity contribution is -0.148. The van der Waals surface area contributed by atoms with Crippen molar-refractivity contribution in [3.63, 3.8) is 0 Å². The van der Waals surface area contributed by atoms with Gasteiger partial charge in [0.25, 0.3) is 0 Å². The number of carbonyl (C=O) groups excluding carboxylic acids is 1. The molecule has 0 spiro atoms. The fraction of sp³-hybridized carbons (Fsp3) is 0.900. The SMILES string of the molecule is CC(C)OC(=O)C[C@H]1CC[C@H](O)C1. The maximum absolute atomic E-state index is 11.2. The molecule has 0 bridgehead atoms. The van der Waals surface area contributed by atoms with Gasteiger partial charge in [0.15, 0.2) is 0 Å². The molecule has 0 aromatic heterocycles. The fourth-order valence-electron chi connectivity index (χ4n) is 1.78. The lowest BCUT2D eigenvalue weighted by Crippen LogP contribution is -2.14. The van der Waals surface area contributed by atoms with Crippen LogP contribution in [0.3, 0.4) is 0 Å². The number of carbonyl (C=O) groups is 1. The molecule has 1 rings (SSSR count). The maximum atomic E-state index is 11.2. The van der Waals surface area contributed by atoms with Crippen LogP contribution >= 0.6 is 0 Å². The van der Waals surface area contributed by atoms with E-state index in [9.17, 15) is 9.90 Å². The molecule has 3 nitrogen and oxygen atoms in total. The Kier molecular flexibility index (Phi) is 3.72. The molecule has 13 heavy (non-hydrogen) atoms. The van der Waals surface area contributed by atoms with Crippen LogP contribution in [0.25, 0.3) is 0 Å². The van der Waals surface area contributed by atoms with Gasteiger partial charge in [0, 0.05) is 6.42 Å². The van der Waals surface area contributed by atoms with Crippen molar-refractivity contribution in [1.82, 2.24) is 0 Å². The molecule has 1 fully saturated rings. The Balaban J connectivity index is 2.21. The summed E-state index contributed by atoms with van der Waals surface area (Å²) in [4.78, 5) is 11.2. The Bertz CT molecular complexity index is 177. The second-order valence-electron chi connectivity index (χ2n) is 4.08. The summed E-state index contributed by atoms with van der Waals surface area (Å²) in [5, 5.41) is 9.24. The molecule has 0 aliphatic heterocycles. The van der Waals surface area contributed by atoms with Crippen molar-refractivity contribution in [2.24, 2.45) is 5.92 Å². The molecule has 1 aliphatic carbocycles. The summed E-state index contributed by atoms with van der Waals surface area (Å²) < 4.78 is 5.03. The van der Waals surface area contributed by atoms with Crippen LogP contribution in [0.4, 0.5) is 0 Å². The summed E-state index contributed by atoms with van der Waals surface area (Å²) in [6.45, 7) is 3.70.